The van der Waals surface area contributed by atoms with Gasteiger partial charge in [0.25, 0.3) is 0 Å². The van der Waals surface area contributed by atoms with Gasteiger partial charge in [-0.1, -0.05) is 24.0 Å². The first-order chi connectivity index (χ1) is 10.4. The molecule has 0 bridgehead atoms. The standard InChI is InChI=1S/C15H13F3N2OS/c16-15(17,18)14(6-5-9-1-2-9)11-4-3-10(8-21)7-12(11)19-13(22)20-14/h3-4,7,9,21H,1-2,8H2,(H2,19,20,22). The van der Waals surface area contributed by atoms with Crippen molar-refractivity contribution in [3.63, 3.8) is 0 Å². The highest BCUT2D eigenvalue weighted by Gasteiger charge is 2.58. The van der Waals surface area contributed by atoms with E-state index in [2.05, 4.69) is 22.5 Å². The molecule has 0 spiro atoms. The fraction of sp³-hybridized carbons (Fsp3) is 0.400. The number of hydrogen-bond donors (Lipinski definition) is 3. The van der Waals surface area contributed by atoms with Gasteiger partial charge in [-0.05, 0) is 36.7 Å². The van der Waals surface area contributed by atoms with Crippen LogP contribution < -0.4 is 10.6 Å². The molecule has 1 aromatic rings. The van der Waals surface area contributed by atoms with Crippen LogP contribution in [-0.4, -0.2) is 16.4 Å². The summed E-state index contributed by atoms with van der Waals surface area (Å²) in [6.45, 7) is -0.262. The maximum atomic E-state index is 13.8. The van der Waals surface area contributed by atoms with Crippen LogP contribution in [0.15, 0.2) is 18.2 Å². The number of thiocarbonyl (C=S) groups is 1. The van der Waals surface area contributed by atoms with Gasteiger partial charge in [0.1, 0.15) is 0 Å². The predicted octanol–water partition coefficient (Wildman–Crippen LogP) is 2.65. The van der Waals surface area contributed by atoms with Crippen LogP contribution in [-0.2, 0) is 12.1 Å². The summed E-state index contributed by atoms with van der Waals surface area (Å²) in [6, 6.07) is 4.25. The summed E-state index contributed by atoms with van der Waals surface area (Å²) >= 11 is 4.92. The third kappa shape index (κ3) is 2.53. The molecule has 0 aromatic heterocycles. The van der Waals surface area contributed by atoms with Gasteiger partial charge in [-0.25, -0.2) is 0 Å². The number of anilines is 1. The van der Waals surface area contributed by atoms with Gasteiger partial charge in [0.15, 0.2) is 5.11 Å². The van der Waals surface area contributed by atoms with Gasteiger partial charge in [0.2, 0.25) is 5.54 Å². The lowest BCUT2D eigenvalue weighted by atomic mass is 9.86. The maximum absolute atomic E-state index is 13.8. The van der Waals surface area contributed by atoms with Crippen LogP contribution in [0.2, 0.25) is 0 Å². The van der Waals surface area contributed by atoms with E-state index in [9.17, 15) is 13.2 Å². The number of benzene rings is 1. The molecule has 2 aliphatic rings. The normalized spacial score (nSPS) is 23.7. The molecule has 3 rings (SSSR count). The topological polar surface area (TPSA) is 44.3 Å². The fourth-order valence-electron chi connectivity index (χ4n) is 2.34. The number of rotatable bonds is 1. The summed E-state index contributed by atoms with van der Waals surface area (Å²) in [6.07, 6.45) is -2.96. The number of aliphatic hydroxyl groups excluding tert-OH is 1. The Labute approximate surface area is 130 Å². The van der Waals surface area contributed by atoms with Gasteiger partial charge in [0, 0.05) is 17.2 Å². The fourth-order valence-corrected chi connectivity index (χ4v) is 2.61. The average molecular weight is 326 g/mol. The Morgan fingerprint density at radius 2 is 2.09 bits per heavy atom. The number of halogens is 3. The molecule has 1 aromatic carbocycles. The molecule has 1 aliphatic heterocycles. The van der Waals surface area contributed by atoms with E-state index < -0.39 is 11.7 Å². The molecule has 22 heavy (non-hydrogen) atoms. The van der Waals surface area contributed by atoms with Gasteiger partial charge in [0.05, 0.1) is 6.61 Å². The van der Waals surface area contributed by atoms with E-state index in [4.69, 9.17) is 17.3 Å². The highest BCUT2D eigenvalue weighted by molar-refractivity contribution is 7.80. The number of alkyl halides is 3. The van der Waals surface area contributed by atoms with Gasteiger partial charge >= 0.3 is 6.18 Å². The molecule has 0 amide bonds. The van der Waals surface area contributed by atoms with Crippen LogP contribution in [0.25, 0.3) is 0 Å². The second kappa shape index (κ2) is 5.14. The lowest BCUT2D eigenvalue weighted by molar-refractivity contribution is -0.177. The van der Waals surface area contributed by atoms with Crippen LogP contribution in [0.4, 0.5) is 18.9 Å². The summed E-state index contributed by atoms with van der Waals surface area (Å²) in [5, 5.41) is 14.0. The lowest BCUT2D eigenvalue weighted by Gasteiger charge is -2.38. The second-order valence-electron chi connectivity index (χ2n) is 5.41. The summed E-state index contributed by atoms with van der Waals surface area (Å²) in [4.78, 5) is 0. The van der Waals surface area contributed by atoms with E-state index >= 15 is 0 Å². The first kappa shape index (κ1) is 15.1. The van der Waals surface area contributed by atoms with Gasteiger partial charge < -0.3 is 15.7 Å². The minimum Gasteiger partial charge on any atom is -0.392 e. The molecule has 1 unspecified atom stereocenters. The molecule has 1 atom stereocenters. The number of nitrogens with one attached hydrogen (secondary N) is 2. The summed E-state index contributed by atoms with van der Waals surface area (Å²) in [5.74, 6) is 5.11. The quantitative estimate of drug-likeness (QED) is 0.548. The van der Waals surface area contributed by atoms with E-state index in [1.54, 1.807) is 0 Å². The van der Waals surface area contributed by atoms with Crippen molar-refractivity contribution in [1.82, 2.24) is 5.32 Å². The Morgan fingerprint density at radius 3 is 2.68 bits per heavy atom. The van der Waals surface area contributed by atoms with Crippen molar-refractivity contribution >= 4 is 23.0 Å². The Hall–Kier alpha value is -1.78. The SMILES string of the molecule is OCc1ccc2c(c1)NC(=S)NC2(C#CC1CC1)C(F)(F)F. The molecule has 3 N–H and O–H groups in total. The second-order valence-corrected chi connectivity index (χ2v) is 5.82. The first-order valence-corrected chi connectivity index (χ1v) is 7.19. The van der Waals surface area contributed by atoms with Crippen LogP contribution in [0.3, 0.4) is 0 Å². The Bertz CT molecular complexity index is 688. The molecule has 0 saturated heterocycles. The maximum Gasteiger partial charge on any atom is 0.427 e. The monoisotopic (exact) mass is 326 g/mol. The minimum absolute atomic E-state index is 0.0287. The zero-order valence-electron chi connectivity index (χ0n) is 11.4. The van der Waals surface area contributed by atoms with Crippen molar-refractivity contribution in [2.45, 2.75) is 31.2 Å². The van der Waals surface area contributed by atoms with Crippen LogP contribution in [0.5, 0.6) is 0 Å². The van der Waals surface area contributed by atoms with Crippen molar-refractivity contribution in [3.05, 3.63) is 29.3 Å². The van der Waals surface area contributed by atoms with E-state index in [-0.39, 0.29) is 28.9 Å². The van der Waals surface area contributed by atoms with Crippen molar-refractivity contribution < 1.29 is 18.3 Å². The lowest BCUT2D eigenvalue weighted by Crippen LogP contribution is -2.59. The first-order valence-electron chi connectivity index (χ1n) is 6.78. The van der Waals surface area contributed by atoms with Crippen LogP contribution in [0.1, 0.15) is 24.0 Å². The summed E-state index contributed by atoms with van der Waals surface area (Å²) < 4.78 is 41.4. The van der Waals surface area contributed by atoms with Gasteiger partial charge in [-0.2, -0.15) is 13.2 Å². The molecule has 1 fully saturated rings. The predicted molar refractivity (Wildman–Crippen MR) is 80.0 cm³/mol. The van der Waals surface area contributed by atoms with Crippen molar-refractivity contribution in [3.8, 4) is 11.8 Å². The highest BCUT2D eigenvalue weighted by Crippen LogP contribution is 2.44. The average Bonchev–Trinajstić information content (AvgIpc) is 3.26. The molecule has 3 nitrogen and oxygen atoms in total. The van der Waals surface area contributed by atoms with Crippen molar-refractivity contribution in [1.29, 1.82) is 0 Å². The molecule has 116 valence electrons. The third-order valence-electron chi connectivity index (χ3n) is 3.69. The molecular weight excluding hydrogens is 313 g/mol. The van der Waals surface area contributed by atoms with Crippen molar-refractivity contribution in [2.24, 2.45) is 5.92 Å². The minimum atomic E-state index is -4.63. The van der Waals surface area contributed by atoms with Gasteiger partial charge in [-0.15, -0.1) is 0 Å². The number of fused-ring (bicyclic) bond motifs is 1. The smallest absolute Gasteiger partial charge is 0.392 e. The van der Waals surface area contributed by atoms with E-state index in [0.717, 1.165) is 12.8 Å². The third-order valence-corrected chi connectivity index (χ3v) is 3.89. The molecule has 0 radical (unpaired) electrons. The van der Waals surface area contributed by atoms with Crippen LogP contribution in [0, 0.1) is 17.8 Å². The van der Waals surface area contributed by atoms with E-state index in [0.29, 0.717) is 5.56 Å². The molecular formula is C15H13F3N2OS. The zero-order valence-corrected chi connectivity index (χ0v) is 12.2. The zero-order chi connectivity index (χ0) is 16.0. The van der Waals surface area contributed by atoms with E-state index in [1.165, 1.54) is 18.2 Å². The Kier molecular flexibility index (Phi) is 3.54. The molecule has 1 aliphatic carbocycles. The van der Waals surface area contributed by atoms with Crippen LogP contribution >= 0.6 is 12.2 Å². The highest BCUT2D eigenvalue weighted by atomic mass is 32.1. The molecule has 1 heterocycles. The Morgan fingerprint density at radius 1 is 1.36 bits per heavy atom. The summed E-state index contributed by atoms with van der Waals surface area (Å²) in [7, 11) is 0. The molecule has 1 saturated carbocycles. The van der Waals surface area contributed by atoms with Gasteiger partial charge in [-0.3, -0.25) is 0 Å². The summed E-state index contributed by atoms with van der Waals surface area (Å²) in [5.41, 5.74) is -1.82. The van der Waals surface area contributed by atoms with Crippen molar-refractivity contribution in [2.75, 3.05) is 5.32 Å². The molecule has 7 heteroatoms. The number of hydrogen-bond acceptors (Lipinski definition) is 2. The Balaban J connectivity index is 2.18. The van der Waals surface area contributed by atoms with E-state index in [1.807, 2.05) is 0 Å². The number of aliphatic hydroxyl groups is 1. The largest absolute Gasteiger partial charge is 0.427 e.